The molecule has 0 bridgehead atoms. The number of carboxylic acids is 1. The number of carboxylic acid groups (broad SMARTS) is 1. The van der Waals surface area contributed by atoms with Gasteiger partial charge in [-0.3, -0.25) is 4.79 Å². The van der Waals surface area contributed by atoms with Crippen LogP contribution in [0.2, 0.25) is 0 Å². The molecule has 0 aliphatic heterocycles. The largest absolute Gasteiger partial charge is 0.507 e. The van der Waals surface area contributed by atoms with E-state index in [0.29, 0.717) is 0 Å². The van der Waals surface area contributed by atoms with E-state index in [0.717, 1.165) is 0 Å². The molecule has 0 saturated carbocycles. The molecule has 5 nitrogen and oxygen atoms in total. The molecule has 0 atom stereocenters. The molecule has 0 saturated heterocycles. The van der Waals surface area contributed by atoms with E-state index in [9.17, 15) is 9.59 Å². The molecule has 1 amide bonds. The van der Waals surface area contributed by atoms with Gasteiger partial charge in [-0.05, 0) is 12.1 Å². The van der Waals surface area contributed by atoms with Crippen LogP contribution >= 0.6 is 0 Å². The van der Waals surface area contributed by atoms with Gasteiger partial charge in [-0.1, -0.05) is 6.07 Å². The van der Waals surface area contributed by atoms with Gasteiger partial charge in [0.05, 0.1) is 5.56 Å². The van der Waals surface area contributed by atoms with Crippen molar-refractivity contribution in [3.63, 3.8) is 0 Å². The monoisotopic (exact) mass is 181 g/mol. The minimum atomic E-state index is -1.38. The Morgan fingerprint density at radius 3 is 2.31 bits per heavy atom. The van der Waals surface area contributed by atoms with Crippen molar-refractivity contribution in [3.8, 4) is 5.75 Å². The Hall–Kier alpha value is -2.04. The SMILES string of the molecule is NC(=O)c1cccc(O)c1C(=O)O. The van der Waals surface area contributed by atoms with Gasteiger partial charge in [0.15, 0.2) is 0 Å². The topological polar surface area (TPSA) is 101 Å². The molecule has 0 aliphatic rings. The molecule has 1 aromatic carbocycles. The first-order valence-electron chi connectivity index (χ1n) is 3.39. The van der Waals surface area contributed by atoms with Crippen LogP contribution in [0.15, 0.2) is 18.2 Å². The van der Waals surface area contributed by atoms with Gasteiger partial charge < -0.3 is 15.9 Å². The van der Waals surface area contributed by atoms with Crippen molar-refractivity contribution in [2.45, 2.75) is 0 Å². The zero-order valence-corrected chi connectivity index (χ0v) is 6.52. The summed E-state index contributed by atoms with van der Waals surface area (Å²) in [7, 11) is 0. The average molecular weight is 181 g/mol. The molecular formula is C8H7NO4. The quantitative estimate of drug-likeness (QED) is 0.606. The first-order valence-corrected chi connectivity index (χ1v) is 3.39. The molecule has 0 fully saturated rings. The van der Waals surface area contributed by atoms with Crippen molar-refractivity contribution < 1.29 is 19.8 Å². The molecule has 13 heavy (non-hydrogen) atoms. The van der Waals surface area contributed by atoms with Gasteiger partial charge in [0, 0.05) is 0 Å². The Morgan fingerprint density at radius 2 is 1.92 bits per heavy atom. The number of aromatic hydroxyl groups is 1. The lowest BCUT2D eigenvalue weighted by Gasteiger charge is -2.03. The second kappa shape index (κ2) is 3.14. The maximum absolute atomic E-state index is 10.7. The van der Waals surface area contributed by atoms with Gasteiger partial charge in [0.25, 0.3) is 0 Å². The van der Waals surface area contributed by atoms with Gasteiger partial charge in [0.2, 0.25) is 5.91 Å². The van der Waals surface area contributed by atoms with E-state index in [1.54, 1.807) is 0 Å². The van der Waals surface area contributed by atoms with E-state index >= 15 is 0 Å². The van der Waals surface area contributed by atoms with E-state index in [1.807, 2.05) is 0 Å². The highest BCUT2D eigenvalue weighted by atomic mass is 16.4. The maximum atomic E-state index is 10.7. The number of carbonyl (C=O) groups excluding carboxylic acids is 1. The highest BCUT2D eigenvalue weighted by molar-refractivity contribution is 6.05. The summed E-state index contributed by atoms with van der Waals surface area (Å²) in [4.78, 5) is 21.3. The fraction of sp³-hybridized carbons (Fsp3) is 0. The zero-order chi connectivity index (χ0) is 10.0. The van der Waals surface area contributed by atoms with Crippen LogP contribution < -0.4 is 5.73 Å². The van der Waals surface area contributed by atoms with Gasteiger partial charge >= 0.3 is 5.97 Å². The lowest BCUT2D eigenvalue weighted by molar-refractivity contribution is 0.0688. The molecule has 0 heterocycles. The highest BCUT2D eigenvalue weighted by Gasteiger charge is 2.17. The summed E-state index contributed by atoms with van der Waals surface area (Å²) in [5.41, 5.74) is 4.24. The summed E-state index contributed by atoms with van der Waals surface area (Å²) in [5, 5.41) is 17.7. The molecule has 68 valence electrons. The van der Waals surface area contributed by atoms with Crippen molar-refractivity contribution in [2.75, 3.05) is 0 Å². The number of nitrogens with two attached hydrogens (primary N) is 1. The minimum Gasteiger partial charge on any atom is -0.507 e. The maximum Gasteiger partial charge on any atom is 0.340 e. The number of rotatable bonds is 2. The van der Waals surface area contributed by atoms with E-state index in [1.165, 1.54) is 18.2 Å². The molecule has 5 heteroatoms. The third kappa shape index (κ3) is 1.58. The zero-order valence-electron chi connectivity index (χ0n) is 6.52. The Bertz CT molecular complexity index is 372. The number of phenols is 1. The fourth-order valence-corrected chi connectivity index (χ4v) is 0.970. The molecular weight excluding hydrogens is 174 g/mol. The second-order valence-corrected chi connectivity index (χ2v) is 2.37. The van der Waals surface area contributed by atoms with Crippen LogP contribution in [-0.4, -0.2) is 22.1 Å². The number of hydrogen-bond donors (Lipinski definition) is 3. The fourth-order valence-electron chi connectivity index (χ4n) is 0.970. The van der Waals surface area contributed by atoms with Crippen LogP contribution in [0.3, 0.4) is 0 Å². The third-order valence-electron chi connectivity index (χ3n) is 1.52. The highest BCUT2D eigenvalue weighted by Crippen LogP contribution is 2.20. The molecule has 0 spiro atoms. The smallest absolute Gasteiger partial charge is 0.340 e. The van der Waals surface area contributed by atoms with Crippen LogP contribution in [0.4, 0.5) is 0 Å². The van der Waals surface area contributed by atoms with Crippen molar-refractivity contribution in [1.29, 1.82) is 0 Å². The van der Waals surface area contributed by atoms with Crippen LogP contribution in [0, 0.1) is 0 Å². The molecule has 0 aliphatic carbocycles. The normalized spacial score (nSPS) is 9.54. The Labute approximate surface area is 73.4 Å². The summed E-state index contributed by atoms with van der Waals surface area (Å²) in [6.45, 7) is 0. The van der Waals surface area contributed by atoms with Crippen LogP contribution in [0.1, 0.15) is 20.7 Å². The van der Waals surface area contributed by atoms with Gasteiger partial charge in [-0.15, -0.1) is 0 Å². The van der Waals surface area contributed by atoms with Crippen molar-refractivity contribution in [3.05, 3.63) is 29.3 Å². The van der Waals surface area contributed by atoms with Gasteiger partial charge in [-0.25, -0.2) is 4.79 Å². The number of amides is 1. The van der Waals surface area contributed by atoms with E-state index < -0.39 is 23.2 Å². The first-order chi connectivity index (χ1) is 6.04. The molecule has 0 aromatic heterocycles. The van der Waals surface area contributed by atoms with Crippen LogP contribution in [-0.2, 0) is 0 Å². The molecule has 1 rings (SSSR count). The van der Waals surface area contributed by atoms with Crippen LogP contribution in [0.5, 0.6) is 5.75 Å². The summed E-state index contributed by atoms with van der Waals surface area (Å²) in [5.74, 6) is -2.73. The second-order valence-electron chi connectivity index (χ2n) is 2.37. The van der Waals surface area contributed by atoms with E-state index in [4.69, 9.17) is 15.9 Å². The van der Waals surface area contributed by atoms with Gasteiger partial charge in [0.1, 0.15) is 11.3 Å². The van der Waals surface area contributed by atoms with Crippen molar-refractivity contribution >= 4 is 11.9 Å². The minimum absolute atomic E-state index is 0.201. The Balaban J connectivity index is 3.43. The number of aromatic carboxylic acids is 1. The van der Waals surface area contributed by atoms with Crippen molar-refractivity contribution in [2.24, 2.45) is 5.73 Å². The van der Waals surface area contributed by atoms with E-state index in [-0.39, 0.29) is 5.56 Å². The molecule has 4 N–H and O–H groups in total. The van der Waals surface area contributed by atoms with Crippen molar-refractivity contribution in [1.82, 2.24) is 0 Å². The molecule has 0 unspecified atom stereocenters. The van der Waals surface area contributed by atoms with Gasteiger partial charge in [-0.2, -0.15) is 0 Å². The summed E-state index contributed by atoms with van der Waals surface area (Å²) in [6.07, 6.45) is 0. The average Bonchev–Trinajstić information content (AvgIpc) is 2.02. The van der Waals surface area contributed by atoms with Crippen LogP contribution in [0.25, 0.3) is 0 Å². The summed E-state index contributed by atoms with van der Waals surface area (Å²) in [6, 6.07) is 3.77. The van der Waals surface area contributed by atoms with E-state index in [2.05, 4.69) is 0 Å². The number of benzene rings is 1. The Kier molecular flexibility index (Phi) is 2.19. The summed E-state index contributed by atoms with van der Waals surface area (Å²) >= 11 is 0. The standard InChI is InChI=1S/C8H7NO4/c9-7(11)4-2-1-3-5(10)6(4)8(12)13/h1-3,10H,(H2,9,11)(H,12,13). The number of carbonyl (C=O) groups is 2. The number of primary amides is 1. The Morgan fingerprint density at radius 1 is 1.31 bits per heavy atom. The lowest BCUT2D eigenvalue weighted by Crippen LogP contribution is -2.16. The third-order valence-corrected chi connectivity index (χ3v) is 1.52. The number of hydrogen-bond acceptors (Lipinski definition) is 3. The molecule has 1 aromatic rings. The predicted octanol–water partition coefficient (Wildman–Crippen LogP) is 0.189. The summed E-state index contributed by atoms with van der Waals surface area (Å²) < 4.78 is 0. The lowest BCUT2D eigenvalue weighted by atomic mass is 10.1. The first kappa shape index (κ1) is 9.05. The predicted molar refractivity (Wildman–Crippen MR) is 43.6 cm³/mol. The molecule has 0 radical (unpaired) electrons.